The van der Waals surface area contributed by atoms with Crippen molar-refractivity contribution in [3.63, 3.8) is 0 Å². The van der Waals surface area contributed by atoms with Crippen LogP contribution in [0.15, 0.2) is 33.6 Å². The van der Waals surface area contributed by atoms with Crippen molar-refractivity contribution >= 4 is 27.7 Å². The second-order valence-corrected chi connectivity index (χ2v) is 5.80. The van der Waals surface area contributed by atoms with Crippen LogP contribution >= 0.6 is 27.7 Å². The number of hydrogen-bond acceptors (Lipinski definition) is 2. The van der Waals surface area contributed by atoms with E-state index in [2.05, 4.69) is 35.8 Å². The lowest BCUT2D eigenvalue weighted by Crippen LogP contribution is -2.21. The standard InChI is InChI=1S/C13H19BrOS/c1-3-10(4-2)12(15)9-16-13-8-6-5-7-11(13)14/h5-8,10,12,15H,3-4,9H2,1-2H3. The van der Waals surface area contributed by atoms with Gasteiger partial charge < -0.3 is 5.11 Å². The molecule has 1 N–H and O–H groups in total. The fraction of sp³-hybridized carbons (Fsp3) is 0.538. The molecule has 90 valence electrons. The minimum atomic E-state index is -0.202. The lowest BCUT2D eigenvalue weighted by molar-refractivity contribution is 0.125. The van der Waals surface area contributed by atoms with Crippen molar-refractivity contribution in [3.8, 4) is 0 Å². The molecule has 1 aromatic rings. The Hall–Kier alpha value is 0.01000. The topological polar surface area (TPSA) is 20.2 Å². The average Bonchev–Trinajstić information content (AvgIpc) is 2.29. The number of halogens is 1. The maximum absolute atomic E-state index is 10.0. The maximum Gasteiger partial charge on any atom is 0.0662 e. The smallest absolute Gasteiger partial charge is 0.0662 e. The molecule has 1 nitrogen and oxygen atoms in total. The van der Waals surface area contributed by atoms with E-state index in [1.807, 2.05) is 18.2 Å². The van der Waals surface area contributed by atoms with E-state index in [0.717, 1.165) is 23.1 Å². The number of benzene rings is 1. The van der Waals surface area contributed by atoms with Gasteiger partial charge in [-0.3, -0.25) is 0 Å². The second kappa shape index (κ2) is 7.36. The van der Waals surface area contributed by atoms with Crippen LogP contribution in [0.3, 0.4) is 0 Å². The number of hydrogen-bond donors (Lipinski definition) is 1. The molecule has 0 fully saturated rings. The lowest BCUT2D eigenvalue weighted by Gasteiger charge is -2.19. The van der Waals surface area contributed by atoms with E-state index in [1.165, 1.54) is 4.90 Å². The Morgan fingerprint density at radius 1 is 1.25 bits per heavy atom. The van der Waals surface area contributed by atoms with Gasteiger partial charge in [0.2, 0.25) is 0 Å². The summed E-state index contributed by atoms with van der Waals surface area (Å²) >= 11 is 5.23. The molecule has 0 saturated heterocycles. The Labute approximate surface area is 111 Å². The van der Waals surface area contributed by atoms with E-state index in [0.29, 0.717) is 5.92 Å². The normalized spacial score (nSPS) is 13.1. The third-order valence-electron chi connectivity index (χ3n) is 2.84. The molecule has 0 bridgehead atoms. The molecule has 1 aromatic carbocycles. The van der Waals surface area contributed by atoms with Gasteiger partial charge in [0.15, 0.2) is 0 Å². The van der Waals surface area contributed by atoms with E-state index in [4.69, 9.17) is 0 Å². The van der Waals surface area contributed by atoms with Gasteiger partial charge in [0.25, 0.3) is 0 Å². The fourth-order valence-electron chi connectivity index (χ4n) is 1.71. The molecule has 0 spiro atoms. The number of thioether (sulfide) groups is 1. The Bertz CT molecular complexity index is 313. The average molecular weight is 303 g/mol. The molecule has 1 rings (SSSR count). The molecule has 1 unspecified atom stereocenters. The molecule has 1 atom stereocenters. The first-order valence-electron chi connectivity index (χ1n) is 5.74. The van der Waals surface area contributed by atoms with Crippen LogP contribution in [0.5, 0.6) is 0 Å². The van der Waals surface area contributed by atoms with Crippen molar-refractivity contribution in [1.82, 2.24) is 0 Å². The molecule has 0 aliphatic carbocycles. The minimum absolute atomic E-state index is 0.202. The highest BCUT2D eigenvalue weighted by Crippen LogP contribution is 2.29. The van der Waals surface area contributed by atoms with Gasteiger partial charge in [-0.15, -0.1) is 11.8 Å². The van der Waals surface area contributed by atoms with Crippen LogP contribution in [0.4, 0.5) is 0 Å². The van der Waals surface area contributed by atoms with E-state index >= 15 is 0 Å². The van der Waals surface area contributed by atoms with Crippen molar-refractivity contribution in [2.24, 2.45) is 5.92 Å². The summed E-state index contributed by atoms with van der Waals surface area (Å²) in [6, 6.07) is 8.14. The third kappa shape index (κ3) is 4.11. The summed E-state index contributed by atoms with van der Waals surface area (Å²) in [5.41, 5.74) is 0. The molecule has 0 radical (unpaired) electrons. The van der Waals surface area contributed by atoms with Crippen LogP contribution in [0.2, 0.25) is 0 Å². The molecule has 0 aromatic heterocycles. The quantitative estimate of drug-likeness (QED) is 0.789. The van der Waals surface area contributed by atoms with Crippen molar-refractivity contribution in [2.75, 3.05) is 5.75 Å². The zero-order valence-corrected chi connectivity index (χ0v) is 12.2. The maximum atomic E-state index is 10.0. The van der Waals surface area contributed by atoms with Gasteiger partial charge in [0, 0.05) is 15.1 Å². The van der Waals surface area contributed by atoms with Gasteiger partial charge in [-0.05, 0) is 34.0 Å². The Morgan fingerprint density at radius 3 is 2.44 bits per heavy atom. The van der Waals surface area contributed by atoms with Gasteiger partial charge in [0.05, 0.1) is 6.10 Å². The Balaban J connectivity index is 2.48. The van der Waals surface area contributed by atoms with Crippen LogP contribution in [-0.2, 0) is 0 Å². The van der Waals surface area contributed by atoms with Crippen LogP contribution in [-0.4, -0.2) is 17.0 Å². The summed E-state index contributed by atoms with van der Waals surface area (Å²) in [5, 5.41) is 10.0. The summed E-state index contributed by atoms with van der Waals surface area (Å²) in [6.45, 7) is 4.28. The number of aliphatic hydroxyl groups is 1. The first-order chi connectivity index (χ1) is 7.69. The number of aliphatic hydroxyl groups excluding tert-OH is 1. The van der Waals surface area contributed by atoms with Crippen LogP contribution in [0, 0.1) is 5.92 Å². The SMILES string of the molecule is CCC(CC)C(O)CSc1ccccc1Br. The largest absolute Gasteiger partial charge is 0.392 e. The highest BCUT2D eigenvalue weighted by molar-refractivity contribution is 9.10. The molecular formula is C13H19BrOS. The van der Waals surface area contributed by atoms with Crippen molar-refractivity contribution in [2.45, 2.75) is 37.7 Å². The van der Waals surface area contributed by atoms with Gasteiger partial charge in [-0.2, -0.15) is 0 Å². The van der Waals surface area contributed by atoms with E-state index in [-0.39, 0.29) is 6.10 Å². The fourth-order valence-corrected chi connectivity index (χ4v) is 3.34. The Kier molecular flexibility index (Phi) is 6.47. The van der Waals surface area contributed by atoms with E-state index in [9.17, 15) is 5.11 Å². The summed E-state index contributed by atoms with van der Waals surface area (Å²) in [5.74, 6) is 1.20. The molecule has 0 saturated carbocycles. The van der Waals surface area contributed by atoms with Crippen LogP contribution < -0.4 is 0 Å². The zero-order valence-electron chi connectivity index (χ0n) is 9.82. The molecule has 0 aliphatic heterocycles. The summed E-state index contributed by atoms with van der Waals surface area (Å²) in [7, 11) is 0. The van der Waals surface area contributed by atoms with E-state index in [1.54, 1.807) is 11.8 Å². The monoisotopic (exact) mass is 302 g/mol. The highest BCUT2D eigenvalue weighted by atomic mass is 79.9. The molecule has 3 heteroatoms. The predicted molar refractivity (Wildman–Crippen MR) is 74.9 cm³/mol. The third-order valence-corrected chi connectivity index (χ3v) is 4.97. The minimum Gasteiger partial charge on any atom is -0.392 e. The van der Waals surface area contributed by atoms with E-state index < -0.39 is 0 Å². The first-order valence-corrected chi connectivity index (χ1v) is 7.52. The highest BCUT2D eigenvalue weighted by Gasteiger charge is 2.15. The molecule has 16 heavy (non-hydrogen) atoms. The van der Waals surface area contributed by atoms with Gasteiger partial charge >= 0.3 is 0 Å². The Morgan fingerprint density at radius 2 is 1.88 bits per heavy atom. The zero-order chi connectivity index (χ0) is 12.0. The summed E-state index contributed by atoms with van der Waals surface area (Å²) in [4.78, 5) is 1.20. The summed E-state index contributed by atoms with van der Waals surface area (Å²) < 4.78 is 1.11. The summed E-state index contributed by atoms with van der Waals surface area (Å²) in [6.07, 6.45) is 1.90. The van der Waals surface area contributed by atoms with Gasteiger partial charge in [-0.1, -0.05) is 38.8 Å². The molecule has 0 amide bonds. The number of rotatable bonds is 6. The molecule has 0 aliphatic rings. The van der Waals surface area contributed by atoms with Crippen molar-refractivity contribution in [3.05, 3.63) is 28.7 Å². The van der Waals surface area contributed by atoms with Crippen LogP contribution in [0.1, 0.15) is 26.7 Å². The van der Waals surface area contributed by atoms with Crippen molar-refractivity contribution < 1.29 is 5.11 Å². The van der Waals surface area contributed by atoms with Crippen molar-refractivity contribution in [1.29, 1.82) is 0 Å². The second-order valence-electron chi connectivity index (χ2n) is 3.89. The molecule has 0 heterocycles. The first kappa shape index (κ1) is 14.1. The van der Waals surface area contributed by atoms with Crippen LogP contribution in [0.25, 0.3) is 0 Å². The predicted octanol–water partition coefficient (Wildman–Crippen LogP) is 4.34. The lowest BCUT2D eigenvalue weighted by atomic mass is 9.98. The van der Waals surface area contributed by atoms with Gasteiger partial charge in [-0.25, -0.2) is 0 Å². The van der Waals surface area contributed by atoms with Gasteiger partial charge in [0.1, 0.15) is 0 Å². The molecular weight excluding hydrogens is 284 g/mol.